The van der Waals surface area contributed by atoms with Crippen LogP contribution in [-0.2, 0) is 5.41 Å². The van der Waals surface area contributed by atoms with Gasteiger partial charge < -0.3 is 10.0 Å². The van der Waals surface area contributed by atoms with Crippen molar-refractivity contribution in [3.8, 4) is 0 Å². The Morgan fingerprint density at radius 2 is 2.18 bits per heavy atom. The summed E-state index contributed by atoms with van der Waals surface area (Å²) in [5.74, 6) is 1.82. The molecule has 1 saturated heterocycles. The van der Waals surface area contributed by atoms with E-state index in [1.807, 2.05) is 6.20 Å². The highest BCUT2D eigenvalue weighted by molar-refractivity contribution is 14.1. The first kappa shape index (κ1) is 13.0. The van der Waals surface area contributed by atoms with E-state index < -0.39 is 0 Å². The Bertz CT molecular complexity index is 417. The van der Waals surface area contributed by atoms with E-state index in [4.69, 9.17) is 0 Å². The van der Waals surface area contributed by atoms with Crippen LogP contribution in [0.3, 0.4) is 0 Å². The van der Waals surface area contributed by atoms with Gasteiger partial charge in [-0.3, -0.25) is 0 Å². The van der Waals surface area contributed by atoms with Gasteiger partial charge in [0.25, 0.3) is 0 Å². The van der Waals surface area contributed by atoms with Crippen LogP contribution in [0.5, 0.6) is 0 Å². The van der Waals surface area contributed by atoms with Crippen LogP contribution in [0.1, 0.15) is 33.0 Å². The lowest BCUT2D eigenvalue weighted by atomic mass is 9.96. The second-order valence-corrected chi connectivity index (χ2v) is 6.67. The van der Waals surface area contributed by atoms with Crippen LogP contribution in [0.15, 0.2) is 6.20 Å². The van der Waals surface area contributed by atoms with Crippen LogP contribution >= 0.6 is 22.6 Å². The number of rotatable bonds is 1. The molecular weight excluding hydrogens is 329 g/mol. The summed E-state index contributed by atoms with van der Waals surface area (Å²) >= 11 is 2.25. The Labute approximate surface area is 116 Å². The molecule has 17 heavy (non-hydrogen) atoms. The molecule has 0 saturated carbocycles. The van der Waals surface area contributed by atoms with E-state index >= 15 is 0 Å². The minimum Gasteiger partial charge on any atom is -0.391 e. The van der Waals surface area contributed by atoms with Gasteiger partial charge >= 0.3 is 0 Å². The van der Waals surface area contributed by atoms with Crippen molar-refractivity contribution >= 4 is 28.4 Å². The summed E-state index contributed by atoms with van der Waals surface area (Å²) in [7, 11) is 0. The summed E-state index contributed by atoms with van der Waals surface area (Å²) in [4.78, 5) is 11.2. The molecular formula is C12H18IN3O. The molecule has 1 aromatic rings. The number of halogens is 1. The quantitative estimate of drug-likeness (QED) is 0.789. The predicted octanol–water partition coefficient (Wildman–Crippen LogP) is 1.95. The van der Waals surface area contributed by atoms with Gasteiger partial charge in [-0.2, -0.15) is 0 Å². The van der Waals surface area contributed by atoms with E-state index in [0.29, 0.717) is 6.54 Å². The number of anilines is 1. The molecule has 0 bridgehead atoms. The fourth-order valence-corrected chi connectivity index (χ4v) is 2.48. The molecule has 5 heteroatoms. The predicted molar refractivity (Wildman–Crippen MR) is 76.3 cm³/mol. The minimum absolute atomic E-state index is 0.0442. The summed E-state index contributed by atoms with van der Waals surface area (Å²) < 4.78 is 1.05. The van der Waals surface area contributed by atoms with E-state index in [1.54, 1.807) is 0 Å². The number of aromatic nitrogens is 2. The lowest BCUT2D eigenvalue weighted by molar-refractivity contribution is 0.198. The maximum absolute atomic E-state index is 9.59. The molecule has 0 aliphatic carbocycles. The average molecular weight is 347 g/mol. The molecule has 1 aliphatic heterocycles. The molecule has 2 heterocycles. The standard InChI is InChI=1S/C12H18IN3O/c1-12(2,3)11-14-6-9(13)10(15-11)16-5-4-8(17)7-16/h6,8,17H,4-5,7H2,1-3H3/t8-/m0/s1. The molecule has 94 valence electrons. The Morgan fingerprint density at radius 3 is 2.71 bits per heavy atom. The molecule has 4 nitrogen and oxygen atoms in total. The molecule has 2 rings (SSSR count). The first-order chi connectivity index (χ1) is 7.88. The van der Waals surface area contributed by atoms with Crippen LogP contribution in [0.4, 0.5) is 5.82 Å². The fraction of sp³-hybridized carbons (Fsp3) is 0.667. The molecule has 1 fully saturated rings. The highest BCUT2D eigenvalue weighted by atomic mass is 127. The van der Waals surface area contributed by atoms with Crippen molar-refractivity contribution in [1.82, 2.24) is 9.97 Å². The minimum atomic E-state index is -0.223. The van der Waals surface area contributed by atoms with Crippen molar-refractivity contribution in [2.45, 2.75) is 38.7 Å². The first-order valence-electron chi connectivity index (χ1n) is 5.84. The monoisotopic (exact) mass is 347 g/mol. The van der Waals surface area contributed by atoms with Gasteiger partial charge in [-0.05, 0) is 29.0 Å². The van der Waals surface area contributed by atoms with E-state index in [-0.39, 0.29) is 11.5 Å². The zero-order valence-electron chi connectivity index (χ0n) is 10.4. The van der Waals surface area contributed by atoms with Crippen molar-refractivity contribution in [1.29, 1.82) is 0 Å². The molecule has 1 aliphatic rings. The smallest absolute Gasteiger partial charge is 0.145 e. The largest absolute Gasteiger partial charge is 0.391 e. The Morgan fingerprint density at radius 1 is 1.47 bits per heavy atom. The SMILES string of the molecule is CC(C)(C)c1ncc(I)c(N2CC[C@H](O)C2)n1. The maximum atomic E-state index is 9.59. The number of aliphatic hydroxyl groups is 1. The summed E-state index contributed by atoms with van der Waals surface area (Å²) in [5.41, 5.74) is -0.0442. The van der Waals surface area contributed by atoms with Crippen molar-refractivity contribution < 1.29 is 5.11 Å². The number of hydrogen-bond acceptors (Lipinski definition) is 4. The third-order valence-corrected chi connectivity index (χ3v) is 3.62. The maximum Gasteiger partial charge on any atom is 0.145 e. The van der Waals surface area contributed by atoms with Gasteiger partial charge in [0.15, 0.2) is 0 Å². The van der Waals surface area contributed by atoms with Crippen LogP contribution < -0.4 is 4.90 Å². The number of aliphatic hydroxyl groups excluding tert-OH is 1. The van der Waals surface area contributed by atoms with E-state index in [2.05, 4.69) is 58.2 Å². The van der Waals surface area contributed by atoms with Gasteiger partial charge in [0.2, 0.25) is 0 Å². The summed E-state index contributed by atoms with van der Waals surface area (Å²) in [5, 5.41) is 9.59. The average Bonchev–Trinajstić information content (AvgIpc) is 2.63. The Hall–Kier alpha value is -0.430. The van der Waals surface area contributed by atoms with Gasteiger partial charge in [0.05, 0.1) is 9.67 Å². The van der Waals surface area contributed by atoms with Gasteiger partial charge in [0.1, 0.15) is 11.6 Å². The molecule has 1 N–H and O–H groups in total. The molecule has 0 unspecified atom stereocenters. The Balaban J connectivity index is 2.33. The van der Waals surface area contributed by atoms with Crippen molar-refractivity contribution in [3.63, 3.8) is 0 Å². The summed E-state index contributed by atoms with van der Waals surface area (Å²) in [6.45, 7) is 7.88. The normalized spacial score (nSPS) is 21.0. The lowest BCUT2D eigenvalue weighted by Crippen LogP contribution is -2.25. The van der Waals surface area contributed by atoms with Crippen molar-refractivity contribution in [2.24, 2.45) is 0 Å². The highest BCUT2D eigenvalue weighted by Gasteiger charge is 2.25. The molecule has 0 spiro atoms. The summed E-state index contributed by atoms with van der Waals surface area (Å²) in [6.07, 6.45) is 2.47. The second-order valence-electron chi connectivity index (χ2n) is 5.50. The van der Waals surface area contributed by atoms with Crippen LogP contribution in [0.2, 0.25) is 0 Å². The number of hydrogen-bond donors (Lipinski definition) is 1. The fourth-order valence-electron chi connectivity index (χ4n) is 1.88. The van der Waals surface area contributed by atoms with Crippen molar-refractivity contribution in [3.05, 3.63) is 15.6 Å². The van der Waals surface area contributed by atoms with E-state index in [0.717, 1.165) is 28.2 Å². The third kappa shape index (κ3) is 2.88. The first-order valence-corrected chi connectivity index (χ1v) is 6.92. The van der Waals surface area contributed by atoms with Crippen LogP contribution in [0.25, 0.3) is 0 Å². The van der Waals surface area contributed by atoms with Gasteiger partial charge in [0, 0.05) is 24.7 Å². The topological polar surface area (TPSA) is 49.2 Å². The van der Waals surface area contributed by atoms with Gasteiger partial charge in [-0.25, -0.2) is 9.97 Å². The molecule has 0 aromatic carbocycles. The summed E-state index contributed by atoms with van der Waals surface area (Å²) in [6, 6.07) is 0. The second kappa shape index (κ2) is 4.68. The zero-order chi connectivity index (χ0) is 12.6. The zero-order valence-corrected chi connectivity index (χ0v) is 12.6. The molecule has 1 atom stereocenters. The highest BCUT2D eigenvalue weighted by Crippen LogP contribution is 2.27. The number of β-amino-alcohol motifs (C(OH)–C–C–N with tert-alkyl or cyclic N) is 1. The van der Waals surface area contributed by atoms with Gasteiger partial charge in [-0.15, -0.1) is 0 Å². The van der Waals surface area contributed by atoms with E-state index in [1.165, 1.54) is 0 Å². The molecule has 0 amide bonds. The van der Waals surface area contributed by atoms with Crippen LogP contribution in [-0.4, -0.2) is 34.3 Å². The lowest BCUT2D eigenvalue weighted by Gasteiger charge is -2.22. The number of nitrogens with zero attached hydrogens (tertiary/aromatic N) is 3. The van der Waals surface area contributed by atoms with E-state index in [9.17, 15) is 5.11 Å². The molecule has 1 aromatic heterocycles. The third-order valence-electron chi connectivity index (χ3n) is 2.86. The molecule has 0 radical (unpaired) electrons. The van der Waals surface area contributed by atoms with Crippen molar-refractivity contribution in [2.75, 3.05) is 18.0 Å². The Kier molecular flexibility index (Phi) is 3.58. The van der Waals surface area contributed by atoms with Gasteiger partial charge in [-0.1, -0.05) is 20.8 Å². The van der Waals surface area contributed by atoms with Crippen LogP contribution in [0, 0.1) is 3.57 Å².